The highest BCUT2D eigenvalue weighted by atomic mass is 32.2. The van der Waals surface area contributed by atoms with E-state index in [-0.39, 0.29) is 24.0 Å². The number of hydrogen-bond acceptors (Lipinski definition) is 6. The van der Waals surface area contributed by atoms with Crippen molar-refractivity contribution in [3.8, 4) is 0 Å². The summed E-state index contributed by atoms with van der Waals surface area (Å²) in [6.45, 7) is 5.11. The van der Waals surface area contributed by atoms with Crippen molar-refractivity contribution in [3.05, 3.63) is 30.9 Å². The fourth-order valence-corrected chi connectivity index (χ4v) is 4.71. The number of aromatic nitrogens is 2. The molecule has 0 radical (unpaired) electrons. The molecule has 1 fully saturated rings. The summed E-state index contributed by atoms with van der Waals surface area (Å²) in [5, 5.41) is 2.69. The zero-order valence-electron chi connectivity index (χ0n) is 12.9. The average Bonchev–Trinajstić information content (AvgIpc) is 3.08. The van der Waals surface area contributed by atoms with Gasteiger partial charge in [0, 0.05) is 32.7 Å². The highest BCUT2D eigenvalue weighted by Crippen LogP contribution is 2.25. The maximum atomic E-state index is 12.9. The molecule has 10 heteroatoms. The second kappa shape index (κ2) is 6.83. The second-order valence-electron chi connectivity index (χ2n) is 5.25. The lowest BCUT2D eigenvalue weighted by atomic mass is 10.3. The zero-order valence-corrected chi connectivity index (χ0v) is 14.5. The second-order valence-corrected chi connectivity index (χ2v) is 7.69. The Labute approximate surface area is 144 Å². The fraction of sp³-hybridized carbons (Fsp3) is 0.357. The molecule has 3 rings (SSSR count). The predicted molar refractivity (Wildman–Crippen MR) is 91.3 cm³/mol. The van der Waals surface area contributed by atoms with Crippen LogP contribution in [0.25, 0.3) is 11.0 Å². The van der Waals surface area contributed by atoms with E-state index in [1.165, 1.54) is 4.31 Å². The van der Waals surface area contributed by atoms with Crippen molar-refractivity contribution < 1.29 is 13.2 Å². The molecule has 2 aromatic rings. The first-order valence-electron chi connectivity index (χ1n) is 7.39. The number of amides is 2. The number of hydrogen-bond donors (Lipinski definition) is 1. The van der Waals surface area contributed by atoms with Gasteiger partial charge in [-0.05, 0) is 12.1 Å². The molecule has 128 valence electrons. The van der Waals surface area contributed by atoms with Crippen molar-refractivity contribution in [2.75, 3.05) is 32.7 Å². The van der Waals surface area contributed by atoms with Gasteiger partial charge in [0.15, 0.2) is 0 Å². The van der Waals surface area contributed by atoms with Crippen LogP contribution in [-0.2, 0) is 10.0 Å². The van der Waals surface area contributed by atoms with Crippen LogP contribution in [0.15, 0.2) is 35.7 Å². The lowest BCUT2D eigenvalue weighted by Crippen LogP contribution is -2.53. The fourth-order valence-electron chi connectivity index (χ4n) is 2.53. The molecule has 1 aromatic carbocycles. The Morgan fingerprint density at radius 3 is 2.75 bits per heavy atom. The molecule has 0 unspecified atom stereocenters. The molecule has 8 nitrogen and oxygen atoms in total. The normalized spacial score (nSPS) is 16.2. The predicted octanol–water partition coefficient (Wildman–Crippen LogP) is 0.893. The first-order valence-corrected chi connectivity index (χ1v) is 9.56. The molecule has 1 N–H and O–H groups in total. The van der Waals surface area contributed by atoms with Gasteiger partial charge in [-0.2, -0.15) is 13.1 Å². The molecule has 1 aromatic heterocycles. The molecule has 0 atom stereocenters. The van der Waals surface area contributed by atoms with Crippen LogP contribution in [0.3, 0.4) is 0 Å². The lowest BCUT2D eigenvalue weighted by Gasteiger charge is -2.33. The van der Waals surface area contributed by atoms with Crippen LogP contribution in [0.4, 0.5) is 4.79 Å². The molecule has 1 aliphatic heterocycles. The smallest absolute Gasteiger partial charge is 0.317 e. The third kappa shape index (κ3) is 3.12. The van der Waals surface area contributed by atoms with E-state index in [2.05, 4.69) is 20.6 Å². The van der Waals surface area contributed by atoms with E-state index in [0.29, 0.717) is 30.7 Å². The van der Waals surface area contributed by atoms with Crippen LogP contribution in [0.5, 0.6) is 0 Å². The summed E-state index contributed by atoms with van der Waals surface area (Å²) in [6, 6.07) is 4.73. The van der Waals surface area contributed by atoms with E-state index in [1.54, 1.807) is 29.2 Å². The summed E-state index contributed by atoms with van der Waals surface area (Å²) >= 11 is 0.990. The number of fused-ring (bicyclic) bond motifs is 1. The lowest BCUT2D eigenvalue weighted by molar-refractivity contribution is 0.173. The van der Waals surface area contributed by atoms with Crippen LogP contribution in [-0.4, -0.2) is 65.1 Å². The van der Waals surface area contributed by atoms with Crippen LogP contribution in [0, 0.1) is 0 Å². The summed E-state index contributed by atoms with van der Waals surface area (Å²) < 4.78 is 35.3. The molecule has 24 heavy (non-hydrogen) atoms. The van der Waals surface area contributed by atoms with E-state index < -0.39 is 10.0 Å². The number of nitrogens with one attached hydrogen (secondary N) is 1. The van der Waals surface area contributed by atoms with Crippen molar-refractivity contribution in [2.24, 2.45) is 0 Å². The zero-order chi connectivity index (χ0) is 17.2. The van der Waals surface area contributed by atoms with Crippen LogP contribution < -0.4 is 5.32 Å². The van der Waals surface area contributed by atoms with Crippen LogP contribution in [0.1, 0.15) is 0 Å². The van der Waals surface area contributed by atoms with E-state index >= 15 is 0 Å². The third-order valence-electron chi connectivity index (χ3n) is 3.79. The Bertz CT molecular complexity index is 856. The van der Waals surface area contributed by atoms with Crippen molar-refractivity contribution in [3.63, 3.8) is 0 Å². The van der Waals surface area contributed by atoms with E-state index in [4.69, 9.17) is 0 Å². The molecule has 1 aliphatic rings. The van der Waals surface area contributed by atoms with Gasteiger partial charge in [-0.15, -0.1) is 6.58 Å². The number of piperazine rings is 1. The largest absolute Gasteiger partial charge is 0.335 e. The number of benzene rings is 1. The number of sulfonamides is 1. The van der Waals surface area contributed by atoms with Gasteiger partial charge >= 0.3 is 6.03 Å². The standard InChI is InChI=1S/C14H17N5O3S2/c1-2-6-15-14(20)18-7-9-19(10-8-18)24(21,22)12-5-3-4-11-13(12)17-23-16-11/h2-5H,1,6-10H2,(H,15,20). The molecular formula is C14H17N5O3S2. The van der Waals surface area contributed by atoms with Gasteiger partial charge in [0.2, 0.25) is 10.0 Å². The number of rotatable bonds is 4. The average molecular weight is 367 g/mol. The molecule has 0 bridgehead atoms. The maximum Gasteiger partial charge on any atom is 0.317 e. The minimum atomic E-state index is -3.66. The first-order chi connectivity index (χ1) is 11.5. The van der Waals surface area contributed by atoms with Gasteiger partial charge in [0.25, 0.3) is 0 Å². The summed E-state index contributed by atoms with van der Waals surface area (Å²) in [5.74, 6) is 0. The van der Waals surface area contributed by atoms with E-state index in [9.17, 15) is 13.2 Å². The highest BCUT2D eigenvalue weighted by Gasteiger charge is 2.31. The van der Waals surface area contributed by atoms with Crippen LogP contribution in [0.2, 0.25) is 0 Å². The molecule has 2 amide bonds. The molecule has 0 saturated carbocycles. The number of urea groups is 1. The Morgan fingerprint density at radius 1 is 1.29 bits per heavy atom. The van der Waals surface area contributed by atoms with Gasteiger partial charge in [-0.25, -0.2) is 13.2 Å². The molecule has 2 heterocycles. The van der Waals surface area contributed by atoms with Crippen molar-refractivity contribution in [1.29, 1.82) is 0 Å². The Morgan fingerprint density at radius 2 is 2.04 bits per heavy atom. The maximum absolute atomic E-state index is 12.9. The summed E-state index contributed by atoms with van der Waals surface area (Å²) in [5.41, 5.74) is 0.970. The quantitative estimate of drug-likeness (QED) is 0.810. The van der Waals surface area contributed by atoms with Gasteiger partial charge in [-0.1, -0.05) is 12.1 Å². The monoisotopic (exact) mass is 367 g/mol. The summed E-state index contributed by atoms with van der Waals surface area (Å²) in [4.78, 5) is 13.7. The van der Waals surface area contributed by atoms with Gasteiger partial charge in [-0.3, -0.25) is 0 Å². The van der Waals surface area contributed by atoms with Gasteiger partial charge in [0.05, 0.1) is 11.7 Å². The molecular weight excluding hydrogens is 350 g/mol. The minimum absolute atomic E-state index is 0.165. The Balaban J connectivity index is 1.75. The number of nitrogens with zero attached hydrogens (tertiary/aromatic N) is 4. The Hall–Kier alpha value is -2.04. The van der Waals surface area contributed by atoms with Gasteiger partial charge in [0.1, 0.15) is 15.9 Å². The number of carbonyl (C=O) groups is 1. The third-order valence-corrected chi connectivity index (χ3v) is 6.26. The van der Waals surface area contributed by atoms with Crippen molar-refractivity contribution in [2.45, 2.75) is 4.90 Å². The minimum Gasteiger partial charge on any atom is -0.335 e. The van der Waals surface area contributed by atoms with E-state index in [1.807, 2.05) is 0 Å². The number of carbonyl (C=O) groups excluding carboxylic acids is 1. The first kappa shape index (κ1) is 16.8. The van der Waals surface area contributed by atoms with E-state index in [0.717, 1.165) is 11.7 Å². The van der Waals surface area contributed by atoms with Crippen molar-refractivity contribution in [1.82, 2.24) is 23.3 Å². The molecule has 1 saturated heterocycles. The topological polar surface area (TPSA) is 95.5 Å². The highest BCUT2D eigenvalue weighted by molar-refractivity contribution is 7.89. The van der Waals surface area contributed by atoms with Crippen LogP contribution >= 0.6 is 11.7 Å². The molecule has 0 spiro atoms. The SMILES string of the molecule is C=CCNC(=O)N1CCN(S(=O)(=O)c2cccc3nsnc23)CC1. The van der Waals surface area contributed by atoms with Crippen molar-refractivity contribution >= 4 is 38.8 Å². The Kier molecular flexibility index (Phi) is 4.78. The summed E-state index contributed by atoms with van der Waals surface area (Å²) in [7, 11) is -3.66. The molecule has 0 aliphatic carbocycles. The van der Waals surface area contributed by atoms with Gasteiger partial charge < -0.3 is 10.2 Å². The summed E-state index contributed by atoms with van der Waals surface area (Å²) in [6.07, 6.45) is 1.60.